The van der Waals surface area contributed by atoms with Crippen LogP contribution in [-0.2, 0) is 12.8 Å². The third-order valence-electron chi connectivity index (χ3n) is 4.17. The van der Waals surface area contributed by atoms with Crippen molar-refractivity contribution in [3.05, 3.63) is 79.9 Å². The Morgan fingerprint density at radius 2 is 1.12 bits per heavy atom. The molecule has 25 heavy (non-hydrogen) atoms. The molecule has 2 aromatic carbocycles. The van der Waals surface area contributed by atoms with Gasteiger partial charge in [-0.25, -0.2) is 0 Å². The first-order valence-corrected chi connectivity index (χ1v) is 8.18. The third-order valence-corrected chi connectivity index (χ3v) is 4.17. The number of nitro groups is 2. The number of rotatable bonds is 9. The average Bonchev–Trinajstić information content (AvgIpc) is 2.62. The van der Waals surface area contributed by atoms with Crippen LogP contribution in [0.25, 0.3) is 0 Å². The van der Waals surface area contributed by atoms with Crippen LogP contribution < -0.4 is 0 Å². The van der Waals surface area contributed by atoms with Crippen molar-refractivity contribution in [2.75, 3.05) is 19.6 Å². The number of nitrogens with zero attached hydrogens (tertiary/aromatic N) is 3. The lowest BCUT2D eigenvalue weighted by atomic mass is 10.1. The second-order valence-corrected chi connectivity index (χ2v) is 5.78. The first kappa shape index (κ1) is 18.5. The van der Waals surface area contributed by atoms with E-state index in [0.717, 1.165) is 43.6 Å². The van der Waals surface area contributed by atoms with Crippen molar-refractivity contribution in [2.24, 2.45) is 0 Å². The molecule has 7 nitrogen and oxygen atoms in total. The maximum absolute atomic E-state index is 10.7. The Hall–Kier alpha value is -2.80. The van der Waals surface area contributed by atoms with Gasteiger partial charge in [0.1, 0.15) is 0 Å². The van der Waals surface area contributed by atoms with Crippen LogP contribution in [0, 0.1) is 20.2 Å². The molecule has 0 aliphatic carbocycles. The fourth-order valence-electron chi connectivity index (χ4n) is 2.57. The van der Waals surface area contributed by atoms with Crippen molar-refractivity contribution < 1.29 is 9.85 Å². The molecule has 0 aliphatic rings. The number of hydrogen-bond acceptors (Lipinski definition) is 5. The molecule has 0 fully saturated rings. The normalized spacial score (nSPS) is 10.8. The van der Waals surface area contributed by atoms with Gasteiger partial charge in [0.25, 0.3) is 11.4 Å². The van der Waals surface area contributed by atoms with Crippen molar-refractivity contribution in [3.8, 4) is 0 Å². The molecule has 2 aromatic rings. The number of benzene rings is 2. The van der Waals surface area contributed by atoms with E-state index < -0.39 is 9.85 Å². The summed E-state index contributed by atoms with van der Waals surface area (Å²) < 4.78 is 0. The lowest BCUT2D eigenvalue weighted by Gasteiger charge is -2.20. The maximum atomic E-state index is 10.7. The molecule has 0 aromatic heterocycles. The van der Waals surface area contributed by atoms with Crippen LogP contribution in [0.3, 0.4) is 0 Å². The van der Waals surface area contributed by atoms with Gasteiger partial charge >= 0.3 is 0 Å². The molecule has 0 N–H and O–H groups in total. The largest absolute Gasteiger partial charge is 0.303 e. The molecule has 132 valence electrons. The predicted octanol–water partition coefficient (Wildman–Crippen LogP) is 3.61. The zero-order chi connectivity index (χ0) is 18.2. The first-order valence-electron chi connectivity index (χ1n) is 8.18. The molecule has 0 saturated heterocycles. The monoisotopic (exact) mass is 343 g/mol. The highest BCUT2D eigenvalue weighted by atomic mass is 16.6. The molecular formula is C18H21N3O4. The summed E-state index contributed by atoms with van der Waals surface area (Å²) in [5.41, 5.74) is 2.35. The molecule has 0 radical (unpaired) electrons. The standard InChI is InChI=1S/C18H21N3O4/c1-2-19(13-11-15-3-7-17(8-4-15)20(22)23)14-12-16-5-9-18(10-6-16)21(24)25/h3-10H,2,11-14H2,1H3. The topological polar surface area (TPSA) is 89.5 Å². The van der Waals surface area contributed by atoms with E-state index in [0.29, 0.717) is 0 Å². The highest BCUT2D eigenvalue weighted by Crippen LogP contribution is 2.14. The molecule has 0 bridgehead atoms. The van der Waals surface area contributed by atoms with Crippen LogP contribution in [0.2, 0.25) is 0 Å². The number of likely N-dealkylation sites (N-methyl/N-ethyl adjacent to an activating group) is 1. The molecule has 0 heterocycles. The lowest BCUT2D eigenvalue weighted by Crippen LogP contribution is -2.28. The number of non-ortho nitro benzene ring substituents is 2. The van der Waals surface area contributed by atoms with Gasteiger partial charge in [-0.2, -0.15) is 0 Å². The van der Waals surface area contributed by atoms with Crippen LogP contribution in [-0.4, -0.2) is 34.4 Å². The van der Waals surface area contributed by atoms with E-state index in [9.17, 15) is 20.2 Å². The van der Waals surface area contributed by atoms with Gasteiger partial charge < -0.3 is 4.90 Å². The zero-order valence-electron chi connectivity index (χ0n) is 14.1. The molecule has 0 aliphatic heterocycles. The molecule has 0 spiro atoms. The Morgan fingerprint density at radius 3 is 1.40 bits per heavy atom. The van der Waals surface area contributed by atoms with Crippen molar-refractivity contribution in [1.82, 2.24) is 4.90 Å². The lowest BCUT2D eigenvalue weighted by molar-refractivity contribution is -0.385. The van der Waals surface area contributed by atoms with Gasteiger partial charge in [0.2, 0.25) is 0 Å². The highest BCUT2D eigenvalue weighted by Gasteiger charge is 2.08. The van der Waals surface area contributed by atoms with Crippen LogP contribution in [0.5, 0.6) is 0 Å². The number of nitro benzene ring substituents is 2. The van der Waals surface area contributed by atoms with Crippen LogP contribution in [0.15, 0.2) is 48.5 Å². The Balaban J connectivity index is 1.83. The summed E-state index contributed by atoms with van der Waals surface area (Å²) in [7, 11) is 0. The highest BCUT2D eigenvalue weighted by molar-refractivity contribution is 5.33. The van der Waals surface area contributed by atoms with Crippen LogP contribution in [0.1, 0.15) is 18.1 Å². The second-order valence-electron chi connectivity index (χ2n) is 5.78. The van der Waals surface area contributed by atoms with Crippen molar-refractivity contribution >= 4 is 11.4 Å². The first-order chi connectivity index (χ1) is 12.0. The average molecular weight is 343 g/mol. The van der Waals surface area contributed by atoms with E-state index in [1.165, 1.54) is 24.3 Å². The third kappa shape index (κ3) is 5.65. The van der Waals surface area contributed by atoms with Crippen LogP contribution in [0.4, 0.5) is 11.4 Å². The second kappa shape index (κ2) is 8.89. The van der Waals surface area contributed by atoms with Gasteiger partial charge in [-0.05, 0) is 30.5 Å². The Bertz CT molecular complexity index is 653. The molecule has 7 heteroatoms. The summed E-state index contributed by atoms with van der Waals surface area (Å²) in [6, 6.07) is 13.3. The zero-order valence-corrected chi connectivity index (χ0v) is 14.1. The predicted molar refractivity (Wildman–Crippen MR) is 95.7 cm³/mol. The minimum absolute atomic E-state index is 0.106. The van der Waals surface area contributed by atoms with E-state index in [2.05, 4.69) is 11.8 Å². The van der Waals surface area contributed by atoms with Crippen molar-refractivity contribution in [2.45, 2.75) is 19.8 Å². The molecule has 0 atom stereocenters. The van der Waals surface area contributed by atoms with Crippen molar-refractivity contribution in [1.29, 1.82) is 0 Å². The minimum atomic E-state index is -0.397. The van der Waals surface area contributed by atoms with Gasteiger partial charge in [-0.15, -0.1) is 0 Å². The van der Waals surface area contributed by atoms with E-state index in [-0.39, 0.29) is 11.4 Å². The van der Waals surface area contributed by atoms with E-state index >= 15 is 0 Å². The summed E-state index contributed by atoms with van der Waals surface area (Å²) in [4.78, 5) is 22.8. The maximum Gasteiger partial charge on any atom is 0.269 e. The molecule has 2 rings (SSSR count). The minimum Gasteiger partial charge on any atom is -0.303 e. The van der Waals surface area contributed by atoms with E-state index in [1.54, 1.807) is 24.3 Å². The Morgan fingerprint density at radius 1 is 0.760 bits per heavy atom. The van der Waals surface area contributed by atoms with E-state index in [1.807, 2.05) is 0 Å². The Labute approximate surface area is 146 Å². The number of hydrogen-bond donors (Lipinski definition) is 0. The van der Waals surface area contributed by atoms with E-state index in [4.69, 9.17) is 0 Å². The summed E-state index contributed by atoms with van der Waals surface area (Å²) >= 11 is 0. The summed E-state index contributed by atoms with van der Waals surface area (Å²) in [5.74, 6) is 0. The fraction of sp³-hybridized carbons (Fsp3) is 0.333. The van der Waals surface area contributed by atoms with Crippen LogP contribution >= 0.6 is 0 Å². The molecular weight excluding hydrogens is 322 g/mol. The van der Waals surface area contributed by atoms with Gasteiger partial charge in [-0.1, -0.05) is 31.2 Å². The fourth-order valence-corrected chi connectivity index (χ4v) is 2.57. The molecule has 0 saturated carbocycles. The molecule has 0 unspecified atom stereocenters. The van der Waals surface area contributed by atoms with Gasteiger partial charge in [-0.3, -0.25) is 20.2 Å². The van der Waals surface area contributed by atoms with Gasteiger partial charge in [0.15, 0.2) is 0 Å². The SMILES string of the molecule is CCN(CCc1ccc([N+](=O)[O-])cc1)CCc1ccc([N+](=O)[O-])cc1. The quantitative estimate of drug-likeness (QED) is 0.512. The Kier molecular flexibility index (Phi) is 6.59. The smallest absolute Gasteiger partial charge is 0.269 e. The summed E-state index contributed by atoms with van der Waals surface area (Å²) in [6.07, 6.45) is 1.65. The summed E-state index contributed by atoms with van der Waals surface area (Å²) in [6.45, 7) is 4.72. The van der Waals surface area contributed by atoms with Gasteiger partial charge in [0, 0.05) is 37.4 Å². The van der Waals surface area contributed by atoms with Crippen molar-refractivity contribution in [3.63, 3.8) is 0 Å². The van der Waals surface area contributed by atoms with Gasteiger partial charge in [0.05, 0.1) is 9.85 Å². The summed E-state index contributed by atoms with van der Waals surface area (Å²) in [5, 5.41) is 21.3. The molecule has 0 amide bonds.